The number of hydrogen-bond acceptors (Lipinski definition) is 7. The van der Waals surface area contributed by atoms with Gasteiger partial charge in [0.15, 0.2) is 11.5 Å². The highest BCUT2D eigenvalue weighted by molar-refractivity contribution is 6.46. The van der Waals surface area contributed by atoms with E-state index in [1.807, 2.05) is 12.1 Å². The minimum Gasteiger partial charge on any atom is -0.507 e. The lowest BCUT2D eigenvalue weighted by Gasteiger charge is -2.27. The molecule has 2 aromatic carbocycles. The van der Waals surface area contributed by atoms with Gasteiger partial charge in [-0.1, -0.05) is 26.0 Å². The van der Waals surface area contributed by atoms with Crippen molar-refractivity contribution in [2.75, 3.05) is 46.5 Å². The zero-order chi connectivity index (χ0) is 24.9. The number of carbonyl (C=O) groups excluding carboxylic acids is 2. The molecule has 8 heteroatoms. The van der Waals surface area contributed by atoms with Gasteiger partial charge >= 0.3 is 0 Å². The second kappa shape index (κ2) is 10.8. The Morgan fingerprint density at radius 2 is 1.83 bits per heavy atom. The van der Waals surface area contributed by atoms with Crippen molar-refractivity contribution in [1.29, 1.82) is 0 Å². The molecule has 186 valence electrons. The molecular formula is C27H32N2O6. The Bertz CT molecular complexity index is 1120. The van der Waals surface area contributed by atoms with Crippen LogP contribution in [0.25, 0.3) is 5.76 Å². The van der Waals surface area contributed by atoms with Crippen molar-refractivity contribution in [2.24, 2.45) is 0 Å². The molecule has 0 radical (unpaired) electrons. The molecule has 0 aliphatic carbocycles. The van der Waals surface area contributed by atoms with E-state index < -0.39 is 17.7 Å². The topological polar surface area (TPSA) is 88.5 Å². The summed E-state index contributed by atoms with van der Waals surface area (Å²) >= 11 is 0. The van der Waals surface area contributed by atoms with Crippen molar-refractivity contribution in [3.8, 4) is 17.2 Å². The molecule has 2 aromatic rings. The Balaban J connectivity index is 1.75. The molecule has 2 aliphatic rings. The summed E-state index contributed by atoms with van der Waals surface area (Å²) < 4.78 is 16.6. The van der Waals surface area contributed by atoms with E-state index in [-0.39, 0.29) is 11.3 Å². The number of ketones is 1. The molecule has 35 heavy (non-hydrogen) atoms. The first kappa shape index (κ1) is 24.6. The SMILES string of the molecule is CCN(CC)CCCN1C(=O)C(=O)C(=C(O)c2ccc3c(c2)OCCO3)[C@@H]1c1cccc(OC)c1. The minimum absolute atomic E-state index is 0.0581. The van der Waals surface area contributed by atoms with Crippen molar-refractivity contribution in [1.82, 2.24) is 9.80 Å². The number of nitrogens with zero attached hydrogens (tertiary/aromatic N) is 2. The fraction of sp³-hybridized carbons (Fsp3) is 0.407. The molecular weight excluding hydrogens is 448 g/mol. The monoisotopic (exact) mass is 480 g/mol. The first-order valence-corrected chi connectivity index (χ1v) is 12.0. The number of benzene rings is 2. The first-order valence-electron chi connectivity index (χ1n) is 12.0. The van der Waals surface area contributed by atoms with Crippen molar-refractivity contribution < 1.29 is 28.9 Å². The number of aliphatic hydroxyl groups is 1. The lowest BCUT2D eigenvalue weighted by molar-refractivity contribution is -0.140. The number of aliphatic hydroxyl groups excluding tert-OH is 1. The number of rotatable bonds is 9. The number of fused-ring (bicyclic) bond motifs is 1. The summed E-state index contributed by atoms with van der Waals surface area (Å²) in [4.78, 5) is 30.3. The van der Waals surface area contributed by atoms with Gasteiger partial charge in [-0.25, -0.2) is 0 Å². The average Bonchev–Trinajstić information content (AvgIpc) is 3.15. The second-order valence-corrected chi connectivity index (χ2v) is 8.51. The van der Waals surface area contributed by atoms with Crippen LogP contribution in [-0.2, 0) is 9.59 Å². The zero-order valence-electron chi connectivity index (χ0n) is 20.5. The number of amides is 1. The Kier molecular flexibility index (Phi) is 7.60. The van der Waals surface area contributed by atoms with E-state index in [1.54, 1.807) is 42.3 Å². The van der Waals surface area contributed by atoms with Crippen LogP contribution in [0.5, 0.6) is 17.2 Å². The fourth-order valence-corrected chi connectivity index (χ4v) is 4.62. The normalized spacial score (nSPS) is 18.9. The molecule has 1 N–H and O–H groups in total. The predicted octanol–water partition coefficient (Wildman–Crippen LogP) is 3.62. The van der Waals surface area contributed by atoms with Gasteiger partial charge in [-0.3, -0.25) is 9.59 Å². The number of ether oxygens (including phenoxy) is 3. The maximum atomic E-state index is 13.3. The highest BCUT2D eigenvalue weighted by atomic mass is 16.6. The van der Waals surface area contributed by atoms with Gasteiger partial charge in [-0.2, -0.15) is 0 Å². The van der Waals surface area contributed by atoms with E-state index in [0.717, 1.165) is 19.6 Å². The van der Waals surface area contributed by atoms with E-state index in [2.05, 4.69) is 18.7 Å². The Morgan fingerprint density at radius 3 is 2.54 bits per heavy atom. The molecule has 1 saturated heterocycles. The maximum Gasteiger partial charge on any atom is 0.295 e. The lowest BCUT2D eigenvalue weighted by atomic mass is 9.95. The summed E-state index contributed by atoms with van der Waals surface area (Å²) in [5.41, 5.74) is 1.15. The zero-order valence-corrected chi connectivity index (χ0v) is 20.5. The minimum atomic E-state index is -0.727. The smallest absolute Gasteiger partial charge is 0.295 e. The summed E-state index contributed by atoms with van der Waals surface area (Å²) in [6.07, 6.45) is 0.708. The molecule has 1 fully saturated rings. The third-order valence-electron chi connectivity index (χ3n) is 6.53. The van der Waals surface area contributed by atoms with Gasteiger partial charge in [0, 0.05) is 12.1 Å². The third-order valence-corrected chi connectivity index (χ3v) is 6.53. The fourth-order valence-electron chi connectivity index (χ4n) is 4.62. The van der Waals surface area contributed by atoms with Crippen molar-refractivity contribution in [3.05, 3.63) is 59.2 Å². The summed E-state index contributed by atoms with van der Waals surface area (Å²) in [6, 6.07) is 11.5. The van der Waals surface area contributed by atoms with Crippen molar-refractivity contribution >= 4 is 17.4 Å². The van der Waals surface area contributed by atoms with Crippen LogP contribution < -0.4 is 14.2 Å². The highest BCUT2D eigenvalue weighted by Gasteiger charge is 2.46. The third kappa shape index (κ3) is 4.98. The van der Waals surface area contributed by atoms with Crippen molar-refractivity contribution in [2.45, 2.75) is 26.3 Å². The molecule has 1 atom stereocenters. The maximum absolute atomic E-state index is 13.3. The average molecular weight is 481 g/mol. The van der Waals surface area contributed by atoms with Gasteiger partial charge in [-0.15, -0.1) is 0 Å². The molecule has 0 bridgehead atoms. The summed E-state index contributed by atoms with van der Waals surface area (Å²) in [7, 11) is 1.56. The van der Waals surface area contributed by atoms with Crippen LogP contribution in [0.2, 0.25) is 0 Å². The van der Waals surface area contributed by atoms with Crippen LogP contribution in [0.15, 0.2) is 48.0 Å². The first-order chi connectivity index (χ1) is 17.0. The van der Waals surface area contributed by atoms with Gasteiger partial charge in [-0.05, 0) is 62.0 Å². The molecule has 1 amide bonds. The van der Waals surface area contributed by atoms with Crippen molar-refractivity contribution in [3.63, 3.8) is 0 Å². The van der Waals surface area contributed by atoms with Crippen LogP contribution >= 0.6 is 0 Å². The van der Waals surface area contributed by atoms with E-state index in [1.165, 1.54) is 0 Å². The molecule has 2 aliphatic heterocycles. The van der Waals surface area contributed by atoms with Crippen LogP contribution in [0.4, 0.5) is 0 Å². The van der Waals surface area contributed by atoms with Crippen LogP contribution in [0, 0.1) is 0 Å². The Hall–Kier alpha value is -3.52. The molecule has 0 aromatic heterocycles. The van der Waals surface area contributed by atoms with E-state index in [9.17, 15) is 14.7 Å². The summed E-state index contributed by atoms with van der Waals surface area (Å²) in [5.74, 6) is 0.125. The molecule has 4 rings (SSSR count). The molecule has 0 saturated carbocycles. The van der Waals surface area contributed by atoms with Gasteiger partial charge < -0.3 is 29.1 Å². The predicted molar refractivity (Wildman–Crippen MR) is 132 cm³/mol. The molecule has 0 spiro atoms. The van der Waals surface area contributed by atoms with E-state index in [0.29, 0.717) is 54.6 Å². The number of methoxy groups -OCH3 is 1. The Morgan fingerprint density at radius 1 is 1.09 bits per heavy atom. The lowest BCUT2D eigenvalue weighted by Crippen LogP contribution is -2.33. The molecule has 8 nitrogen and oxygen atoms in total. The standard InChI is InChI=1S/C27H32N2O6/c1-4-28(5-2)12-7-13-29-24(18-8-6-9-20(16-18)33-3)23(26(31)27(29)32)25(30)19-10-11-21-22(17-19)35-15-14-34-21/h6,8-11,16-17,24,30H,4-5,7,12-15H2,1-3H3/t24-/m0/s1. The van der Waals surface area contributed by atoms with Crippen LogP contribution in [0.3, 0.4) is 0 Å². The van der Waals surface area contributed by atoms with Gasteiger partial charge in [0.2, 0.25) is 0 Å². The quantitative estimate of drug-likeness (QED) is 0.333. The highest BCUT2D eigenvalue weighted by Crippen LogP contribution is 2.41. The molecule has 0 unspecified atom stereocenters. The van der Waals surface area contributed by atoms with E-state index in [4.69, 9.17) is 14.2 Å². The number of likely N-dealkylation sites (tertiary alicyclic amines) is 1. The van der Waals surface area contributed by atoms with Crippen LogP contribution in [-0.4, -0.2) is 73.1 Å². The second-order valence-electron chi connectivity index (χ2n) is 8.51. The van der Waals surface area contributed by atoms with Gasteiger partial charge in [0.05, 0.1) is 18.7 Å². The van der Waals surface area contributed by atoms with Gasteiger partial charge in [0.1, 0.15) is 24.7 Å². The summed E-state index contributed by atoms with van der Waals surface area (Å²) in [5, 5.41) is 11.3. The van der Waals surface area contributed by atoms with E-state index >= 15 is 0 Å². The number of carbonyl (C=O) groups is 2. The van der Waals surface area contributed by atoms with Gasteiger partial charge in [0.25, 0.3) is 11.7 Å². The van der Waals surface area contributed by atoms with Crippen LogP contribution in [0.1, 0.15) is 37.4 Å². The summed E-state index contributed by atoms with van der Waals surface area (Å²) in [6.45, 7) is 8.07. The number of Topliss-reactive ketones (excluding diaryl/α,β-unsaturated/α-hetero) is 1. The molecule has 2 heterocycles. The Labute approximate surface area is 205 Å². The number of hydrogen-bond donors (Lipinski definition) is 1. The largest absolute Gasteiger partial charge is 0.507 e.